The highest BCUT2D eigenvalue weighted by Crippen LogP contribution is 2.39. The molecule has 1 atom stereocenters. The van der Waals surface area contributed by atoms with Crippen LogP contribution in [0.4, 0.5) is 0 Å². The van der Waals surface area contributed by atoms with E-state index in [-0.39, 0.29) is 17.9 Å². The normalized spacial score (nSPS) is 17.3. The lowest BCUT2D eigenvalue weighted by Gasteiger charge is -2.25. The molecule has 1 fully saturated rings. The zero-order valence-electron chi connectivity index (χ0n) is 18.1. The number of aromatic nitrogens is 2. The van der Waals surface area contributed by atoms with Crippen molar-refractivity contribution in [1.82, 2.24) is 14.9 Å². The van der Waals surface area contributed by atoms with Gasteiger partial charge in [-0.2, -0.15) is 5.26 Å². The summed E-state index contributed by atoms with van der Waals surface area (Å²) in [5, 5.41) is 21.3. The van der Waals surface area contributed by atoms with Gasteiger partial charge in [-0.25, -0.2) is 0 Å². The molecular weight excluding hydrogens is 428 g/mol. The van der Waals surface area contributed by atoms with Crippen LogP contribution in [-0.4, -0.2) is 38.2 Å². The van der Waals surface area contributed by atoms with Crippen LogP contribution < -0.4 is 0 Å². The van der Waals surface area contributed by atoms with Gasteiger partial charge in [0.2, 0.25) is 0 Å². The summed E-state index contributed by atoms with van der Waals surface area (Å²) in [5.41, 5.74) is 3.51. The molecule has 1 amide bonds. The number of amides is 1. The molecule has 0 aliphatic carbocycles. The van der Waals surface area contributed by atoms with E-state index in [0.717, 1.165) is 16.5 Å². The van der Waals surface area contributed by atoms with Gasteiger partial charge in [-0.15, -0.1) is 0 Å². The maximum atomic E-state index is 13.1. The second-order valence-corrected chi connectivity index (χ2v) is 8.08. The lowest BCUT2D eigenvalue weighted by atomic mass is 9.95. The van der Waals surface area contributed by atoms with Crippen LogP contribution in [0.1, 0.15) is 28.3 Å². The van der Waals surface area contributed by atoms with Crippen LogP contribution in [0.3, 0.4) is 0 Å². The Balaban J connectivity index is 1.57. The summed E-state index contributed by atoms with van der Waals surface area (Å²) in [5.74, 6) is -1.68. The fourth-order valence-corrected chi connectivity index (χ4v) is 4.43. The van der Waals surface area contributed by atoms with Gasteiger partial charge in [0.05, 0.1) is 23.2 Å². The van der Waals surface area contributed by atoms with Crippen molar-refractivity contribution in [2.24, 2.45) is 0 Å². The van der Waals surface area contributed by atoms with E-state index in [0.29, 0.717) is 23.1 Å². The second kappa shape index (κ2) is 8.68. The van der Waals surface area contributed by atoms with E-state index in [9.17, 15) is 14.7 Å². The smallest absolute Gasteiger partial charge is 0.295 e. The van der Waals surface area contributed by atoms with Crippen LogP contribution in [0.25, 0.3) is 16.7 Å². The lowest BCUT2D eigenvalue weighted by molar-refractivity contribution is -0.139. The number of carbonyl (C=O) groups is 2. The summed E-state index contributed by atoms with van der Waals surface area (Å²) in [6.07, 6.45) is 5.45. The highest BCUT2D eigenvalue weighted by molar-refractivity contribution is 6.46. The molecule has 4 aromatic rings. The highest BCUT2D eigenvalue weighted by Gasteiger charge is 2.45. The van der Waals surface area contributed by atoms with Gasteiger partial charge >= 0.3 is 0 Å². The van der Waals surface area contributed by atoms with E-state index in [4.69, 9.17) is 5.26 Å². The number of nitrogens with one attached hydrogen (secondary N) is 1. The minimum absolute atomic E-state index is 0.0154. The predicted molar refractivity (Wildman–Crippen MR) is 126 cm³/mol. The molecule has 7 nitrogen and oxygen atoms in total. The van der Waals surface area contributed by atoms with Gasteiger partial charge < -0.3 is 15.0 Å². The number of nitrogens with zero attached hydrogens (tertiary/aromatic N) is 3. The molecule has 0 bridgehead atoms. The van der Waals surface area contributed by atoms with Gasteiger partial charge in [0.15, 0.2) is 0 Å². The number of pyridine rings is 1. The molecule has 166 valence electrons. The van der Waals surface area contributed by atoms with E-state index in [2.05, 4.69) is 16.0 Å². The van der Waals surface area contributed by atoms with Gasteiger partial charge in [-0.05, 0) is 47.9 Å². The SMILES string of the molecule is N#Cc1ccc(C2C(=C(O)c3cccnc3)C(=O)C(=O)N2CCc2c[nH]c3ccccc23)cc1. The first-order valence-corrected chi connectivity index (χ1v) is 10.8. The maximum Gasteiger partial charge on any atom is 0.295 e. The number of rotatable bonds is 5. The number of Topliss-reactive ketones (excluding diaryl/α,β-unsaturated/α-hetero) is 1. The Labute approximate surface area is 195 Å². The number of hydrogen-bond acceptors (Lipinski definition) is 5. The quantitative estimate of drug-likeness (QED) is 0.271. The molecule has 1 aliphatic heterocycles. The third-order valence-electron chi connectivity index (χ3n) is 6.13. The summed E-state index contributed by atoms with van der Waals surface area (Å²) in [6.45, 7) is 0.279. The summed E-state index contributed by atoms with van der Waals surface area (Å²) in [7, 11) is 0. The first kappa shape index (κ1) is 21.2. The van der Waals surface area contributed by atoms with Gasteiger partial charge in [0, 0.05) is 41.6 Å². The molecule has 34 heavy (non-hydrogen) atoms. The molecule has 2 aromatic heterocycles. The van der Waals surface area contributed by atoms with Crippen molar-refractivity contribution in [2.75, 3.05) is 6.54 Å². The van der Waals surface area contributed by atoms with E-state index in [1.165, 1.54) is 11.1 Å². The maximum absolute atomic E-state index is 13.1. The standard InChI is InChI=1S/C27H20N4O3/c28-14-17-7-9-18(10-8-17)24-23(25(32)20-4-3-12-29-15-20)26(33)27(34)31(24)13-11-19-16-30-22-6-2-1-5-21(19)22/h1-10,12,15-16,24,30,32H,11,13H2. The molecule has 1 aliphatic rings. The van der Waals surface area contributed by atoms with Crippen LogP contribution >= 0.6 is 0 Å². The number of nitriles is 1. The number of aliphatic hydroxyl groups is 1. The number of H-pyrrole nitrogens is 1. The minimum Gasteiger partial charge on any atom is -0.507 e. The number of aromatic amines is 1. The monoisotopic (exact) mass is 448 g/mol. The Morgan fingerprint density at radius 1 is 1.09 bits per heavy atom. The molecule has 1 unspecified atom stereocenters. The number of likely N-dealkylation sites (tertiary alicyclic amines) is 1. The number of carbonyl (C=O) groups excluding carboxylic acids is 2. The van der Waals surface area contributed by atoms with Gasteiger partial charge in [-0.3, -0.25) is 14.6 Å². The Kier molecular flexibility index (Phi) is 5.40. The van der Waals surface area contributed by atoms with Crippen LogP contribution in [0.2, 0.25) is 0 Å². The molecule has 2 aromatic carbocycles. The molecule has 3 heterocycles. The average molecular weight is 448 g/mol. The van der Waals surface area contributed by atoms with Crippen molar-refractivity contribution >= 4 is 28.4 Å². The van der Waals surface area contributed by atoms with E-state index >= 15 is 0 Å². The third-order valence-corrected chi connectivity index (χ3v) is 6.13. The summed E-state index contributed by atoms with van der Waals surface area (Å²) in [4.78, 5) is 35.0. The number of benzene rings is 2. The molecule has 7 heteroatoms. The Bertz CT molecular complexity index is 1460. The predicted octanol–water partition coefficient (Wildman–Crippen LogP) is 4.10. The first-order valence-electron chi connectivity index (χ1n) is 10.8. The highest BCUT2D eigenvalue weighted by atomic mass is 16.3. The van der Waals surface area contributed by atoms with Gasteiger partial charge in [0.25, 0.3) is 11.7 Å². The second-order valence-electron chi connectivity index (χ2n) is 8.08. The van der Waals surface area contributed by atoms with Crippen LogP contribution in [-0.2, 0) is 16.0 Å². The fraction of sp³-hybridized carbons (Fsp3) is 0.111. The van der Waals surface area contributed by atoms with Crippen LogP contribution in [0.5, 0.6) is 0 Å². The van der Waals surface area contributed by atoms with Gasteiger partial charge in [0.1, 0.15) is 5.76 Å². The number of aliphatic hydroxyl groups excluding tert-OH is 1. The summed E-state index contributed by atoms with van der Waals surface area (Å²) < 4.78 is 0. The van der Waals surface area contributed by atoms with Crippen molar-refractivity contribution in [3.8, 4) is 6.07 Å². The summed E-state index contributed by atoms with van der Waals surface area (Å²) >= 11 is 0. The molecule has 5 rings (SSSR count). The molecule has 1 saturated heterocycles. The van der Waals surface area contributed by atoms with E-state index in [1.54, 1.807) is 42.6 Å². The molecule has 0 radical (unpaired) electrons. The van der Waals surface area contributed by atoms with Crippen LogP contribution in [0, 0.1) is 11.3 Å². The molecule has 2 N–H and O–H groups in total. The number of para-hydroxylation sites is 1. The molecule has 0 spiro atoms. The molecular formula is C27H20N4O3. The average Bonchev–Trinajstić information content (AvgIpc) is 3.41. The number of ketones is 1. The number of hydrogen-bond donors (Lipinski definition) is 2. The van der Waals surface area contributed by atoms with Crippen molar-refractivity contribution in [3.63, 3.8) is 0 Å². The van der Waals surface area contributed by atoms with Crippen molar-refractivity contribution < 1.29 is 14.7 Å². The Morgan fingerprint density at radius 3 is 2.62 bits per heavy atom. The Morgan fingerprint density at radius 2 is 1.88 bits per heavy atom. The molecule has 0 saturated carbocycles. The van der Waals surface area contributed by atoms with E-state index < -0.39 is 17.7 Å². The van der Waals surface area contributed by atoms with Crippen molar-refractivity contribution in [2.45, 2.75) is 12.5 Å². The summed E-state index contributed by atoms with van der Waals surface area (Å²) in [6, 6.07) is 19.2. The Hall–Kier alpha value is -4.70. The van der Waals surface area contributed by atoms with Gasteiger partial charge in [-0.1, -0.05) is 30.3 Å². The number of fused-ring (bicyclic) bond motifs is 1. The zero-order valence-corrected chi connectivity index (χ0v) is 18.1. The topological polar surface area (TPSA) is 110 Å². The first-order chi connectivity index (χ1) is 16.6. The van der Waals surface area contributed by atoms with Crippen LogP contribution in [0.15, 0.2) is 84.8 Å². The van der Waals surface area contributed by atoms with E-state index in [1.807, 2.05) is 30.5 Å². The zero-order chi connectivity index (χ0) is 23.7. The lowest BCUT2D eigenvalue weighted by Crippen LogP contribution is -2.31. The minimum atomic E-state index is -0.779. The van der Waals surface area contributed by atoms with Crippen molar-refractivity contribution in [1.29, 1.82) is 5.26 Å². The largest absolute Gasteiger partial charge is 0.507 e. The third kappa shape index (κ3) is 3.61. The van der Waals surface area contributed by atoms with Crippen molar-refractivity contribution in [3.05, 3.63) is 107 Å². The fourth-order valence-electron chi connectivity index (χ4n) is 4.43.